The SMILES string of the molecule is C=CCCCCCCCCC(C(=O)O)C(O)CC(=O)O. The summed E-state index contributed by atoms with van der Waals surface area (Å²) in [4.78, 5) is 21.5. The smallest absolute Gasteiger partial charge is 0.309 e. The number of rotatable bonds is 13. The van der Waals surface area contributed by atoms with Gasteiger partial charge in [-0.1, -0.05) is 38.2 Å². The van der Waals surface area contributed by atoms with Crippen LogP contribution in [0.1, 0.15) is 57.8 Å². The van der Waals surface area contributed by atoms with Gasteiger partial charge >= 0.3 is 11.9 Å². The van der Waals surface area contributed by atoms with E-state index in [2.05, 4.69) is 6.58 Å². The van der Waals surface area contributed by atoms with Gasteiger partial charge in [0.1, 0.15) is 0 Å². The fourth-order valence-corrected chi connectivity index (χ4v) is 2.16. The minimum atomic E-state index is -1.31. The molecule has 0 aliphatic carbocycles. The van der Waals surface area contributed by atoms with E-state index in [0.29, 0.717) is 12.8 Å². The van der Waals surface area contributed by atoms with Crippen molar-refractivity contribution in [1.82, 2.24) is 0 Å². The fraction of sp³-hybridized carbons (Fsp3) is 0.733. The van der Waals surface area contributed by atoms with E-state index in [9.17, 15) is 14.7 Å². The van der Waals surface area contributed by atoms with E-state index in [0.717, 1.165) is 38.5 Å². The maximum atomic E-state index is 11.0. The molecule has 3 N–H and O–H groups in total. The highest BCUT2D eigenvalue weighted by atomic mass is 16.4. The molecule has 2 unspecified atom stereocenters. The molecule has 0 heterocycles. The predicted octanol–water partition coefficient (Wildman–Crippen LogP) is 2.83. The molecule has 2 atom stereocenters. The summed E-state index contributed by atoms with van der Waals surface area (Å²) in [5.74, 6) is -3.28. The van der Waals surface area contributed by atoms with E-state index in [-0.39, 0.29) is 0 Å². The standard InChI is InChI=1S/C15H26O5/c1-2-3-4-5-6-7-8-9-10-12(15(19)20)13(16)11-14(17)18/h2,12-13,16H,1,3-11H2,(H,17,18)(H,19,20). The van der Waals surface area contributed by atoms with Crippen LogP contribution < -0.4 is 0 Å². The summed E-state index contributed by atoms with van der Waals surface area (Å²) < 4.78 is 0. The topological polar surface area (TPSA) is 94.8 Å². The van der Waals surface area contributed by atoms with Crippen LogP contribution in [0.4, 0.5) is 0 Å². The molecule has 0 aliphatic heterocycles. The maximum absolute atomic E-state index is 11.0. The minimum absolute atomic E-state index is 0.330. The molecule has 0 saturated heterocycles. The largest absolute Gasteiger partial charge is 0.481 e. The number of aliphatic carboxylic acids is 2. The van der Waals surface area contributed by atoms with Gasteiger partial charge in [-0.2, -0.15) is 0 Å². The number of allylic oxidation sites excluding steroid dienone is 1. The molecular weight excluding hydrogens is 260 g/mol. The number of carboxylic acids is 2. The average molecular weight is 286 g/mol. The molecule has 5 heteroatoms. The van der Waals surface area contributed by atoms with Crippen LogP contribution in [-0.2, 0) is 9.59 Å². The van der Waals surface area contributed by atoms with Crippen molar-refractivity contribution in [3.8, 4) is 0 Å². The molecular formula is C15H26O5. The molecule has 0 saturated carbocycles. The van der Waals surface area contributed by atoms with Gasteiger partial charge in [0.15, 0.2) is 0 Å². The second-order valence-corrected chi connectivity index (χ2v) is 5.10. The highest BCUT2D eigenvalue weighted by molar-refractivity contribution is 5.73. The fourth-order valence-electron chi connectivity index (χ4n) is 2.16. The van der Waals surface area contributed by atoms with Crippen molar-refractivity contribution in [1.29, 1.82) is 0 Å². The zero-order chi connectivity index (χ0) is 15.4. The van der Waals surface area contributed by atoms with E-state index < -0.39 is 30.4 Å². The zero-order valence-corrected chi connectivity index (χ0v) is 12.0. The van der Waals surface area contributed by atoms with Gasteiger partial charge in [-0.15, -0.1) is 6.58 Å². The molecule has 0 aromatic rings. The van der Waals surface area contributed by atoms with Gasteiger partial charge in [-0.25, -0.2) is 0 Å². The number of carbonyl (C=O) groups is 2. The summed E-state index contributed by atoms with van der Waals surface area (Å²) in [6, 6.07) is 0. The Morgan fingerprint density at radius 1 is 1.00 bits per heavy atom. The molecule has 0 fully saturated rings. The van der Waals surface area contributed by atoms with Gasteiger partial charge < -0.3 is 15.3 Å². The second-order valence-electron chi connectivity index (χ2n) is 5.10. The van der Waals surface area contributed by atoms with E-state index in [1.54, 1.807) is 0 Å². The van der Waals surface area contributed by atoms with Crippen molar-refractivity contribution in [2.75, 3.05) is 0 Å². The van der Waals surface area contributed by atoms with Crippen LogP contribution >= 0.6 is 0 Å². The third kappa shape index (κ3) is 9.55. The first kappa shape index (κ1) is 18.6. The molecule has 0 radical (unpaired) electrons. The Kier molecular flexibility index (Phi) is 10.7. The number of carboxylic acid groups (broad SMARTS) is 2. The van der Waals surface area contributed by atoms with Crippen LogP contribution in [0.25, 0.3) is 0 Å². The van der Waals surface area contributed by atoms with E-state index in [1.807, 2.05) is 6.08 Å². The monoisotopic (exact) mass is 286 g/mol. The summed E-state index contributed by atoms with van der Waals surface area (Å²) in [6.45, 7) is 3.66. The quantitative estimate of drug-likeness (QED) is 0.357. The van der Waals surface area contributed by atoms with Crippen LogP contribution in [-0.4, -0.2) is 33.4 Å². The van der Waals surface area contributed by atoms with Crippen LogP contribution in [0.2, 0.25) is 0 Å². The molecule has 0 spiro atoms. The summed E-state index contributed by atoms with van der Waals surface area (Å²) >= 11 is 0. The van der Waals surface area contributed by atoms with Crippen LogP contribution in [0.5, 0.6) is 0 Å². The van der Waals surface area contributed by atoms with Crippen molar-refractivity contribution < 1.29 is 24.9 Å². The Morgan fingerprint density at radius 2 is 1.55 bits per heavy atom. The second kappa shape index (κ2) is 11.5. The third-order valence-corrected chi connectivity index (χ3v) is 3.34. The van der Waals surface area contributed by atoms with Crippen molar-refractivity contribution in [2.45, 2.75) is 63.9 Å². The zero-order valence-electron chi connectivity index (χ0n) is 12.0. The van der Waals surface area contributed by atoms with Crippen LogP contribution in [0.15, 0.2) is 12.7 Å². The normalized spacial score (nSPS) is 13.7. The molecule has 116 valence electrons. The highest BCUT2D eigenvalue weighted by Crippen LogP contribution is 2.18. The maximum Gasteiger partial charge on any atom is 0.309 e. The Labute approximate surface area is 120 Å². The number of hydrogen-bond acceptors (Lipinski definition) is 3. The predicted molar refractivity (Wildman–Crippen MR) is 76.5 cm³/mol. The van der Waals surface area contributed by atoms with Crippen LogP contribution in [0.3, 0.4) is 0 Å². The number of aliphatic hydroxyl groups is 1. The lowest BCUT2D eigenvalue weighted by Crippen LogP contribution is -2.30. The summed E-state index contributed by atoms with van der Waals surface area (Å²) in [6.07, 6.45) is 7.50. The third-order valence-electron chi connectivity index (χ3n) is 3.34. The van der Waals surface area contributed by atoms with E-state index in [4.69, 9.17) is 10.2 Å². The van der Waals surface area contributed by atoms with Crippen molar-refractivity contribution in [3.05, 3.63) is 12.7 Å². The Morgan fingerprint density at radius 3 is 2.05 bits per heavy atom. The minimum Gasteiger partial charge on any atom is -0.481 e. The molecule has 0 aromatic carbocycles. The number of unbranched alkanes of at least 4 members (excludes halogenated alkanes) is 6. The van der Waals surface area contributed by atoms with Crippen molar-refractivity contribution in [3.63, 3.8) is 0 Å². The molecule has 0 rings (SSSR count). The van der Waals surface area contributed by atoms with Gasteiger partial charge in [-0.3, -0.25) is 9.59 Å². The van der Waals surface area contributed by atoms with E-state index in [1.165, 1.54) is 0 Å². The van der Waals surface area contributed by atoms with Gasteiger partial charge in [0, 0.05) is 0 Å². The Bertz CT molecular complexity index is 301. The first-order chi connectivity index (χ1) is 9.49. The molecule has 0 aromatic heterocycles. The first-order valence-corrected chi connectivity index (χ1v) is 7.22. The molecule has 0 bridgehead atoms. The summed E-state index contributed by atoms with van der Waals surface area (Å²) in [5, 5.41) is 27.1. The highest BCUT2D eigenvalue weighted by Gasteiger charge is 2.27. The number of aliphatic hydroxyl groups excluding tert-OH is 1. The lowest BCUT2D eigenvalue weighted by molar-refractivity contribution is -0.148. The summed E-state index contributed by atoms with van der Waals surface area (Å²) in [5.41, 5.74) is 0. The Balaban J connectivity index is 3.79. The lowest BCUT2D eigenvalue weighted by Gasteiger charge is -2.17. The molecule has 0 aliphatic rings. The molecule has 20 heavy (non-hydrogen) atoms. The van der Waals surface area contributed by atoms with Gasteiger partial charge in [0.05, 0.1) is 18.4 Å². The van der Waals surface area contributed by atoms with Crippen molar-refractivity contribution >= 4 is 11.9 Å². The summed E-state index contributed by atoms with van der Waals surface area (Å²) in [7, 11) is 0. The molecule has 0 amide bonds. The van der Waals surface area contributed by atoms with Gasteiger partial charge in [-0.05, 0) is 19.3 Å². The van der Waals surface area contributed by atoms with E-state index >= 15 is 0 Å². The van der Waals surface area contributed by atoms with Gasteiger partial charge in [0.2, 0.25) is 0 Å². The van der Waals surface area contributed by atoms with Crippen molar-refractivity contribution in [2.24, 2.45) is 5.92 Å². The molecule has 5 nitrogen and oxygen atoms in total. The Hall–Kier alpha value is -1.36. The first-order valence-electron chi connectivity index (χ1n) is 7.22. The van der Waals surface area contributed by atoms with Gasteiger partial charge in [0.25, 0.3) is 0 Å². The lowest BCUT2D eigenvalue weighted by atomic mass is 9.93. The van der Waals surface area contributed by atoms with Crippen LogP contribution in [0, 0.1) is 5.92 Å². The number of hydrogen-bond donors (Lipinski definition) is 3. The average Bonchev–Trinajstić information content (AvgIpc) is 2.35.